The monoisotopic (exact) mass is 378 g/mol. The molecule has 0 saturated carbocycles. The third-order valence-electron chi connectivity index (χ3n) is 4.01. The molecule has 0 aliphatic carbocycles. The van der Waals surface area contributed by atoms with Crippen molar-refractivity contribution >= 4 is 40.7 Å². The Bertz CT molecular complexity index is 808. The Balaban J connectivity index is 1.68. The highest BCUT2D eigenvalue weighted by atomic mass is 35.5. The van der Waals surface area contributed by atoms with Crippen LogP contribution in [0.4, 0.5) is 5.69 Å². The first-order chi connectivity index (χ1) is 12.0. The van der Waals surface area contributed by atoms with Gasteiger partial charge in [0.2, 0.25) is 5.91 Å². The van der Waals surface area contributed by atoms with E-state index in [1.165, 1.54) is 4.90 Å². The maximum Gasteiger partial charge on any atom is 0.251 e. The zero-order chi connectivity index (χ0) is 18.0. The summed E-state index contributed by atoms with van der Waals surface area (Å²) in [5.41, 5.74) is 1.42. The molecular formula is C18H16Cl2N2O3. The molecule has 2 aromatic carbocycles. The Morgan fingerprint density at radius 3 is 2.48 bits per heavy atom. The van der Waals surface area contributed by atoms with Crippen LogP contribution in [-0.2, 0) is 16.1 Å². The second-order valence-electron chi connectivity index (χ2n) is 5.65. The summed E-state index contributed by atoms with van der Waals surface area (Å²) in [4.78, 5) is 26.0. The van der Waals surface area contributed by atoms with Crippen LogP contribution in [0.3, 0.4) is 0 Å². The molecule has 0 spiro atoms. The van der Waals surface area contributed by atoms with E-state index >= 15 is 0 Å². The molecule has 1 aliphatic rings. The Kier molecular flexibility index (Phi) is 5.27. The normalized spacial score (nSPS) is 17.2. The average molecular weight is 379 g/mol. The lowest BCUT2D eigenvalue weighted by molar-refractivity contribution is -0.121. The largest absolute Gasteiger partial charge is 0.497 e. The molecule has 1 fully saturated rings. The molecule has 1 heterocycles. The number of hydrogen-bond acceptors (Lipinski definition) is 4. The number of methoxy groups -OCH3 is 1. The number of rotatable bonds is 5. The van der Waals surface area contributed by atoms with Gasteiger partial charge >= 0.3 is 0 Å². The van der Waals surface area contributed by atoms with Gasteiger partial charge in [-0.3, -0.25) is 9.59 Å². The standard InChI is InChI=1S/C18H16Cl2N2O3/c1-25-13-5-3-12(4-6-13)22-17(23)9-16(18(22)24)21-10-11-2-7-14(19)15(20)8-11/h2-8,16,21H,9-10H2,1H3/t16-/m1/s1. The number of amides is 2. The lowest BCUT2D eigenvalue weighted by Crippen LogP contribution is -2.38. The quantitative estimate of drug-likeness (QED) is 0.809. The molecule has 1 atom stereocenters. The fourth-order valence-electron chi connectivity index (χ4n) is 2.68. The van der Waals surface area contributed by atoms with E-state index in [2.05, 4.69) is 5.32 Å². The van der Waals surface area contributed by atoms with Crippen LogP contribution >= 0.6 is 23.2 Å². The molecule has 0 radical (unpaired) electrons. The number of nitrogens with one attached hydrogen (secondary N) is 1. The Morgan fingerprint density at radius 2 is 1.84 bits per heavy atom. The molecule has 2 amide bonds. The highest BCUT2D eigenvalue weighted by molar-refractivity contribution is 6.42. The maximum absolute atomic E-state index is 12.6. The first-order valence-corrected chi connectivity index (χ1v) is 8.43. The van der Waals surface area contributed by atoms with Crippen LogP contribution in [0.25, 0.3) is 0 Å². The summed E-state index contributed by atoms with van der Waals surface area (Å²) in [6.45, 7) is 0.414. The third-order valence-corrected chi connectivity index (χ3v) is 4.75. The smallest absolute Gasteiger partial charge is 0.251 e. The Labute approximate surface area is 155 Å². The van der Waals surface area contributed by atoms with E-state index in [1.807, 2.05) is 6.07 Å². The molecular weight excluding hydrogens is 363 g/mol. The first-order valence-electron chi connectivity index (χ1n) is 7.68. The molecule has 1 aliphatic heterocycles. The van der Waals surface area contributed by atoms with E-state index in [0.29, 0.717) is 28.0 Å². The fourth-order valence-corrected chi connectivity index (χ4v) is 3.01. The second-order valence-corrected chi connectivity index (χ2v) is 6.47. The van der Waals surface area contributed by atoms with Gasteiger partial charge in [-0.1, -0.05) is 29.3 Å². The third kappa shape index (κ3) is 3.79. The van der Waals surface area contributed by atoms with E-state index in [0.717, 1.165) is 5.56 Å². The first kappa shape index (κ1) is 17.7. The number of hydrogen-bond donors (Lipinski definition) is 1. The summed E-state index contributed by atoms with van der Waals surface area (Å²) in [5.74, 6) is 0.161. The topological polar surface area (TPSA) is 58.6 Å². The number of ether oxygens (including phenoxy) is 1. The molecule has 0 unspecified atom stereocenters. The zero-order valence-corrected chi connectivity index (χ0v) is 15.0. The number of benzene rings is 2. The van der Waals surface area contributed by atoms with Gasteiger partial charge in [-0.25, -0.2) is 4.90 Å². The van der Waals surface area contributed by atoms with Crippen LogP contribution in [0.1, 0.15) is 12.0 Å². The van der Waals surface area contributed by atoms with Gasteiger partial charge < -0.3 is 10.1 Å². The summed E-state index contributed by atoms with van der Waals surface area (Å²) in [6, 6.07) is 11.5. The highest BCUT2D eigenvalue weighted by Gasteiger charge is 2.39. The number of anilines is 1. The minimum Gasteiger partial charge on any atom is -0.497 e. The minimum absolute atomic E-state index is 0.117. The zero-order valence-electron chi connectivity index (χ0n) is 13.5. The van der Waals surface area contributed by atoms with Crippen molar-refractivity contribution in [2.45, 2.75) is 19.0 Å². The van der Waals surface area contributed by atoms with E-state index < -0.39 is 6.04 Å². The molecule has 7 heteroatoms. The van der Waals surface area contributed by atoms with Crippen LogP contribution in [0.2, 0.25) is 10.0 Å². The Hall–Kier alpha value is -2.08. The maximum atomic E-state index is 12.6. The molecule has 1 N–H and O–H groups in total. The molecule has 3 rings (SSSR count). The highest BCUT2D eigenvalue weighted by Crippen LogP contribution is 2.26. The van der Waals surface area contributed by atoms with Gasteiger partial charge in [0.1, 0.15) is 5.75 Å². The van der Waals surface area contributed by atoms with Gasteiger partial charge in [-0.15, -0.1) is 0 Å². The summed E-state index contributed by atoms with van der Waals surface area (Å²) >= 11 is 11.9. The van der Waals surface area contributed by atoms with Gasteiger partial charge in [0.05, 0.1) is 35.3 Å². The van der Waals surface area contributed by atoms with Crippen molar-refractivity contribution in [3.05, 3.63) is 58.1 Å². The lowest BCUT2D eigenvalue weighted by Gasteiger charge is -2.16. The van der Waals surface area contributed by atoms with Crippen molar-refractivity contribution in [3.63, 3.8) is 0 Å². The summed E-state index contributed by atoms with van der Waals surface area (Å²) in [5, 5.41) is 4.04. The SMILES string of the molecule is COc1ccc(N2C(=O)C[C@@H](NCc3ccc(Cl)c(Cl)c3)C2=O)cc1. The van der Waals surface area contributed by atoms with Gasteiger partial charge in [-0.2, -0.15) is 0 Å². The molecule has 130 valence electrons. The Morgan fingerprint density at radius 1 is 1.12 bits per heavy atom. The molecule has 0 bridgehead atoms. The number of imide groups is 1. The van der Waals surface area contributed by atoms with Crippen LogP contribution in [0, 0.1) is 0 Å². The van der Waals surface area contributed by atoms with Crippen molar-refractivity contribution in [1.82, 2.24) is 5.32 Å². The van der Waals surface area contributed by atoms with Gasteiger partial charge in [0, 0.05) is 6.54 Å². The minimum atomic E-state index is -0.566. The van der Waals surface area contributed by atoms with Crippen molar-refractivity contribution < 1.29 is 14.3 Å². The molecule has 1 saturated heterocycles. The summed E-state index contributed by atoms with van der Waals surface area (Å²) < 4.78 is 5.09. The van der Waals surface area contributed by atoms with E-state index in [9.17, 15) is 9.59 Å². The van der Waals surface area contributed by atoms with E-state index in [-0.39, 0.29) is 18.2 Å². The molecule has 25 heavy (non-hydrogen) atoms. The van der Waals surface area contributed by atoms with Crippen molar-refractivity contribution in [2.75, 3.05) is 12.0 Å². The predicted molar refractivity (Wildman–Crippen MR) is 97.2 cm³/mol. The lowest BCUT2D eigenvalue weighted by atomic mass is 10.2. The van der Waals surface area contributed by atoms with Crippen molar-refractivity contribution in [3.8, 4) is 5.75 Å². The number of carbonyl (C=O) groups is 2. The average Bonchev–Trinajstić information content (AvgIpc) is 2.90. The fraction of sp³-hybridized carbons (Fsp3) is 0.222. The van der Waals surface area contributed by atoms with Crippen LogP contribution in [-0.4, -0.2) is 25.0 Å². The van der Waals surface area contributed by atoms with Gasteiger partial charge in [0.15, 0.2) is 0 Å². The summed E-state index contributed by atoms with van der Waals surface area (Å²) in [6.07, 6.45) is 0.117. The number of halogens is 2. The number of carbonyl (C=O) groups excluding carboxylic acids is 2. The number of nitrogens with zero attached hydrogens (tertiary/aromatic N) is 1. The van der Waals surface area contributed by atoms with E-state index in [1.54, 1.807) is 43.5 Å². The van der Waals surface area contributed by atoms with Crippen LogP contribution in [0.5, 0.6) is 5.75 Å². The molecule has 5 nitrogen and oxygen atoms in total. The molecule has 2 aromatic rings. The predicted octanol–water partition coefficient (Wildman–Crippen LogP) is 3.42. The van der Waals surface area contributed by atoms with Crippen LogP contribution < -0.4 is 15.0 Å². The molecule has 0 aromatic heterocycles. The van der Waals surface area contributed by atoms with E-state index in [4.69, 9.17) is 27.9 Å². The van der Waals surface area contributed by atoms with Gasteiger partial charge in [0.25, 0.3) is 5.91 Å². The second kappa shape index (κ2) is 7.44. The van der Waals surface area contributed by atoms with Gasteiger partial charge in [-0.05, 0) is 42.0 Å². The van der Waals surface area contributed by atoms with Crippen molar-refractivity contribution in [2.24, 2.45) is 0 Å². The van der Waals surface area contributed by atoms with Crippen molar-refractivity contribution in [1.29, 1.82) is 0 Å². The van der Waals surface area contributed by atoms with Crippen LogP contribution in [0.15, 0.2) is 42.5 Å². The summed E-state index contributed by atoms with van der Waals surface area (Å²) in [7, 11) is 1.56.